The van der Waals surface area contributed by atoms with Crippen LogP contribution in [-0.4, -0.2) is 41.2 Å². The highest BCUT2D eigenvalue weighted by atomic mass is 35.5. The number of aromatic nitrogens is 2. The van der Waals surface area contributed by atoms with E-state index in [-0.39, 0.29) is 5.91 Å². The molecule has 2 unspecified atom stereocenters. The fourth-order valence-corrected chi connectivity index (χ4v) is 3.38. The summed E-state index contributed by atoms with van der Waals surface area (Å²) in [6.07, 6.45) is 1.31. The molecule has 0 aromatic carbocycles. The Morgan fingerprint density at radius 3 is 2.80 bits per heavy atom. The number of carbonyl (C=O) groups excluding carboxylic acids is 1. The summed E-state index contributed by atoms with van der Waals surface area (Å²) in [6, 6.07) is 0. The standard InChI is InChI=1S/C14H21ClN4O/c1-8-4-10(8)9-5-16-6-11-12(15)13(14(20)18(2)3)17-19(11)7-9/h8-10,16H,4-7H2,1-3H3/t8?,9?,10-/m0/s1. The van der Waals surface area contributed by atoms with Crippen LogP contribution in [0.4, 0.5) is 0 Å². The summed E-state index contributed by atoms with van der Waals surface area (Å²) < 4.78 is 1.94. The normalized spacial score (nSPS) is 28.7. The molecule has 1 aliphatic carbocycles. The molecule has 3 rings (SSSR count). The first-order valence-electron chi connectivity index (χ1n) is 7.16. The SMILES string of the molecule is CC1C[C@@H]1C1CNCc2c(Cl)c(C(=O)N(C)C)nn2C1. The van der Waals surface area contributed by atoms with Gasteiger partial charge in [0.15, 0.2) is 5.69 Å². The number of hydrogen-bond acceptors (Lipinski definition) is 3. The summed E-state index contributed by atoms with van der Waals surface area (Å²) in [5.41, 5.74) is 1.31. The second kappa shape index (κ2) is 5.04. The van der Waals surface area contributed by atoms with Crippen LogP contribution >= 0.6 is 11.6 Å². The lowest BCUT2D eigenvalue weighted by Gasteiger charge is -2.14. The summed E-state index contributed by atoms with van der Waals surface area (Å²) in [4.78, 5) is 13.6. The summed E-state index contributed by atoms with van der Waals surface area (Å²) in [7, 11) is 3.44. The second-order valence-electron chi connectivity index (χ2n) is 6.26. The van der Waals surface area contributed by atoms with Crippen LogP contribution in [0.5, 0.6) is 0 Å². The molecule has 2 heterocycles. The smallest absolute Gasteiger partial charge is 0.275 e. The van der Waals surface area contributed by atoms with E-state index in [2.05, 4.69) is 17.3 Å². The minimum atomic E-state index is -0.132. The predicted molar refractivity (Wildman–Crippen MR) is 77.7 cm³/mol. The highest BCUT2D eigenvalue weighted by Crippen LogP contribution is 2.44. The van der Waals surface area contributed by atoms with Gasteiger partial charge in [0.1, 0.15) is 0 Å². The molecule has 1 fully saturated rings. The third-order valence-electron chi connectivity index (χ3n) is 4.49. The Bertz CT molecular complexity index is 540. The fraction of sp³-hybridized carbons (Fsp3) is 0.714. The van der Waals surface area contributed by atoms with Gasteiger partial charge >= 0.3 is 0 Å². The number of nitrogens with zero attached hydrogens (tertiary/aromatic N) is 3. The molecule has 3 atom stereocenters. The van der Waals surface area contributed by atoms with Crippen LogP contribution in [0.15, 0.2) is 0 Å². The van der Waals surface area contributed by atoms with Crippen molar-refractivity contribution in [1.82, 2.24) is 20.0 Å². The van der Waals surface area contributed by atoms with Gasteiger partial charge in [-0.1, -0.05) is 18.5 Å². The molecule has 20 heavy (non-hydrogen) atoms. The van der Waals surface area contributed by atoms with Crippen LogP contribution in [0.2, 0.25) is 5.02 Å². The van der Waals surface area contributed by atoms with Crippen molar-refractivity contribution in [3.8, 4) is 0 Å². The molecule has 0 bridgehead atoms. The molecule has 1 amide bonds. The lowest BCUT2D eigenvalue weighted by Crippen LogP contribution is -2.25. The number of halogens is 1. The lowest BCUT2D eigenvalue weighted by atomic mass is 10.0. The van der Waals surface area contributed by atoms with Crippen LogP contribution in [0, 0.1) is 17.8 Å². The molecule has 6 heteroatoms. The molecule has 5 nitrogen and oxygen atoms in total. The first-order chi connectivity index (χ1) is 9.49. The van der Waals surface area contributed by atoms with E-state index >= 15 is 0 Å². The summed E-state index contributed by atoms with van der Waals surface area (Å²) in [6.45, 7) is 4.85. The van der Waals surface area contributed by atoms with E-state index in [9.17, 15) is 4.79 Å². The van der Waals surface area contributed by atoms with Crippen molar-refractivity contribution in [1.29, 1.82) is 0 Å². The number of carbonyl (C=O) groups is 1. The zero-order valence-corrected chi connectivity index (χ0v) is 12.9. The maximum Gasteiger partial charge on any atom is 0.275 e. The van der Waals surface area contributed by atoms with Gasteiger partial charge in [-0.15, -0.1) is 0 Å². The number of nitrogens with one attached hydrogen (secondary N) is 1. The van der Waals surface area contributed by atoms with Crippen LogP contribution < -0.4 is 5.32 Å². The van der Waals surface area contributed by atoms with E-state index in [0.717, 1.165) is 30.6 Å². The average molecular weight is 297 g/mol. The fourth-order valence-electron chi connectivity index (χ4n) is 3.10. The Hall–Kier alpha value is -1.07. The second-order valence-corrected chi connectivity index (χ2v) is 6.64. The Kier molecular flexibility index (Phi) is 3.50. The van der Waals surface area contributed by atoms with Crippen molar-refractivity contribution in [2.45, 2.75) is 26.4 Å². The van der Waals surface area contributed by atoms with Gasteiger partial charge in [0.25, 0.3) is 5.91 Å². The number of amides is 1. The topological polar surface area (TPSA) is 50.2 Å². The van der Waals surface area contributed by atoms with Gasteiger partial charge < -0.3 is 10.2 Å². The van der Waals surface area contributed by atoms with Gasteiger partial charge in [0, 0.05) is 33.7 Å². The minimum absolute atomic E-state index is 0.132. The van der Waals surface area contributed by atoms with Gasteiger partial charge in [0.05, 0.1) is 10.7 Å². The van der Waals surface area contributed by atoms with Crippen molar-refractivity contribution >= 4 is 17.5 Å². The molecule has 1 N–H and O–H groups in total. The van der Waals surface area contributed by atoms with E-state index in [0.29, 0.717) is 23.2 Å². The lowest BCUT2D eigenvalue weighted by molar-refractivity contribution is 0.0821. The average Bonchev–Trinajstić information content (AvgIpc) is 3.09. The highest BCUT2D eigenvalue weighted by molar-refractivity contribution is 6.34. The summed E-state index contributed by atoms with van der Waals surface area (Å²) >= 11 is 6.35. The molecule has 0 radical (unpaired) electrons. The highest BCUT2D eigenvalue weighted by Gasteiger charge is 2.40. The Morgan fingerprint density at radius 1 is 1.50 bits per heavy atom. The quantitative estimate of drug-likeness (QED) is 0.902. The molecular formula is C14H21ClN4O. The predicted octanol–water partition coefficient (Wildman–Crippen LogP) is 1.61. The summed E-state index contributed by atoms with van der Waals surface area (Å²) in [5.74, 6) is 2.05. The van der Waals surface area contributed by atoms with Gasteiger partial charge in [-0.2, -0.15) is 5.10 Å². The zero-order valence-electron chi connectivity index (χ0n) is 12.2. The van der Waals surface area contributed by atoms with Crippen molar-refractivity contribution < 1.29 is 4.79 Å². The Morgan fingerprint density at radius 2 is 2.20 bits per heavy atom. The monoisotopic (exact) mass is 296 g/mol. The van der Waals surface area contributed by atoms with Crippen molar-refractivity contribution in [2.24, 2.45) is 17.8 Å². The van der Waals surface area contributed by atoms with Crippen molar-refractivity contribution in [3.63, 3.8) is 0 Å². The van der Waals surface area contributed by atoms with Gasteiger partial charge in [-0.25, -0.2) is 0 Å². The third kappa shape index (κ3) is 2.33. The van der Waals surface area contributed by atoms with E-state index in [1.54, 1.807) is 14.1 Å². The Labute approximate surface area is 124 Å². The van der Waals surface area contributed by atoms with Gasteiger partial charge in [-0.05, 0) is 24.2 Å². The molecule has 1 aromatic rings. The van der Waals surface area contributed by atoms with Crippen LogP contribution in [0.25, 0.3) is 0 Å². The molecule has 1 aromatic heterocycles. The molecule has 0 spiro atoms. The van der Waals surface area contributed by atoms with E-state index in [1.165, 1.54) is 11.3 Å². The largest absolute Gasteiger partial charge is 0.343 e. The van der Waals surface area contributed by atoms with E-state index in [1.807, 2.05) is 4.68 Å². The number of hydrogen-bond donors (Lipinski definition) is 1. The zero-order chi connectivity index (χ0) is 14.4. The number of rotatable bonds is 2. The van der Waals surface area contributed by atoms with Crippen molar-refractivity contribution in [2.75, 3.05) is 20.6 Å². The van der Waals surface area contributed by atoms with E-state index in [4.69, 9.17) is 11.6 Å². The molecule has 1 aliphatic heterocycles. The van der Waals surface area contributed by atoms with Gasteiger partial charge in [0.2, 0.25) is 0 Å². The molecule has 2 aliphatic rings. The molecule has 0 saturated heterocycles. The maximum atomic E-state index is 12.1. The minimum Gasteiger partial charge on any atom is -0.343 e. The van der Waals surface area contributed by atoms with Gasteiger partial charge in [-0.3, -0.25) is 9.48 Å². The first-order valence-corrected chi connectivity index (χ1v) is 7.54. The van der Waals surface area contributed by atoms with Crippen LogP contribution in [0.1, 0.15) is 29.5 Å². The maximum absolute atomic E-state index is 12.1. The third-order valence-corrected chi connectivity index (χ3v) is 4.88. The van der Waals surface area contributed by atoms with E-state index < -0.39 is 0 Å². The van der Waals surface area contributed by atoms with Crippen molar-refractivity contribution in [3.05, 3.63) is 16.4 Å². The van der Waals surface area contributed by atoms with Crippen LogP contribution in [0.3, 0.4) is 0 Å². The first kappa shape index (κ1) is 13.9. The molecule has 110 valence electrons. The molecule has 1 saturated carbocycles. The number of fused-ring (bicyclic) bond motifs is 1. The Balaban J connectivity index is 1.88. The van der Waals surface area contributed by atoms with Crippen LogP contribution in [-0.2, 0) is 13.1 Å². The summed E-state index contributed by atoms with van der Waals surface area (Å²) in [5, 5.41) is 8.42. The molecular weight excluding hydrogens is 276 g/mol.